The van der Waals surface area contributed by atoms with Crippen molar-refractivity contribution < 1.29 is 28.7 Å². The first-order valence-electron chi connectivity index (χ1n) is 11.0. The van der Waals surface area contributed by atoms with Crippen LogP contribution in [0.25, 0.3) is 0 Å². The third-order valence-electron chi connectivity index (χ3n) is 4.80. The Morgan fingerprint density at radius 2 is 1.86 bits per heavy atom. The fourth-order valence-electron chi connectivity index (χ4n) is 3.19. The van der Waals surface area contributed by atoms with Gasteiger partial charge in [0.1, 0.15) is 30.8 Å². The highest BCUT2D eigenvalue weighted by Crippen LogP contribution is 2.26. The average molecular weight is 507 g/mol. The lowest BCUT2D eigenvalue weighted by molar-refractivity contribution is -0.144. The smallest absolute Gasteiger partial charge is 0.408 e. The number of nitrogens with zero attached hydrogens (tertiary/aromatic N) is 2. The van der Waals surface area contributed by atoms with E-state index in [0.29, 0.717) is 16.9 Å². The predicted molar refractivity (Wildman–Crippen MR) is 132 cm³/mol. The van der Waals surface area contributed by atoms with Gasteiger partial charge >= 0.3 is 12.1 Å². The van der Waals surface area contributed by atoms with Crippen molar-refractivity contribution in [1.82, 2.24) is 15.5 Å². The largest absolute Gasteiger partial charge is 0.468 e. The monoisotopic (exact) mass is 506 g/mol. The van der Waals surface area contributed by atoms with Crippen LogP contribution >= 0.6 is 11.8 Å². The van der Waals surface area contributed by atoms with Crippen LogP contribution in [-0.4, -0.2) is 72.6 Å². The zero-order valence-electron chi connectivity index (χ0n) is 21.0. The number of thioether (sulfide) groups is 1. The Hall–Kier alpha value is -3.26. The number of nitriles is 1. The predicted octanol–water partition coefficient (Wildman–Crippen LogP) is 2.32. The van der Waals surface area contributed by atoms with Crippen LogP contribution in [0.5, 0.6) is 0 Å². The average Bonchev–Trinajstić information content (AvgIpc) is 2.79. The van der Waals surface area contributed by atoms with Crippen molar-refractivity contribution in [3.63, 3.8) is 0 Å². The summed E-state index contributed by atoms with van der Waals surface area (Å²) in [6, 6.07) is 6.62. The van der Waals surface area contributed by atoms with Crippen molar-refractivity contribution in [2.45, 2.75) is 51.8 Å². The Morgan fingerprint density at radius 1 is 1.20 bits per heavy atom. The van der Waals surface area contributed by atoms with Crippen molar-refractivity contribution >= 4 is 35.6 Å². The fraction of sp³-hybridized carbons (Fsp3) is 0.542. The van der Waals surface area contributed by atoms with Gasteiger partial charge in [-0.25, -0.2) is 4.79 Å². The lowest BCUT2D eigenvalue weighted by Crippen LogP contribution is -2.53. The molecule has 0 bridgehead atoms. The number of rotatable bonds is 11. The van der Waals surface area contributed by atoms with Gasteiger partial charge in [0, 0.05) is 0 Å². The molecule has 1 aromatic rings. The van der Waals surface area contributed by atoms with Crippen LogP contribution in [0.4, 0.5) is 4.79 Å². The molecule has 2 unspecified atom stereocenters. The molecule has 10 nitrogen and oxygen atoms in total. The highest BCUT2D eigenvalue weighted by molar-refractivity contribution is 7.98. The van der Waals surface area contributed by atoms with Crippen molar-refractivity contribution in [3.05, 3.63) is 35.4 Å². The second-order valence-corrected chi connectivity index (χ2v) is 9.64. The lowest BCUT2D eigenvalue weighted by Gasteiger charge is -2.33. The zero-order chi connectivity index (χ0) is 26.6. The maximum Gasteiger partial charge on any atom is 0.408 e. The fourth-order valence-corrected chi connectivity index (χ4v) is 3.66. The van der Waals surface area contributed by atoms with Gasteiger partial charge in [0.25, 0.3) is 0 Å². The van der Waals surface area contributed by atoms with Gasteiger partial charge in [-0.15, -0.1) is 0 Å². The Kier molecular flexibility index (Phi) is 12.1. The van der Waals surface area contributed by atoms with Crippen LogP contribution in [0.1, 0.15) is 44.4 Å². The van der Waals surface area contributed by atoms with Crippen LogP contribution in [0.3, 0.4) is 0 Å². The summed E-state index contributed by atoms with van der Waals surface area (Å²) in [4.78, 5) is 52.1. The van der Waals surface area contributed by atoms with E-state index in [9.17, 15) is 24.4 Å². The molecule has 192 valence electrons. The molecule has 2 atom stereocenters. The zero-order valence-corrected chi connectivity index (χ0v) is 21.9. The van der Waals surface area contributed by atoms with Gasteiger partial charge in [-0.3, -0.25) is 14.4 Å². The minimum atomic E-state index is -1.22. The number of methoxy groups -OCH3 is 1. The van der Waals surface area contributed by atoms with E-state index >= 15 is 0 Å². The molecule has 1 rings (SSSR count). The molecule has 35 heavy (non-hydrogen) atoms. The minimum Gasteiger partial charge on any atom is -0.468 e. The molecule has 0 heterocycles. The molecule has 2 N–H and O–H groups in total. The third-order valence-corrected chi connectivity index (χ3v) is 5.45. The number of esters is 1. The first kappa shape index (κ1) is 29.8. The van der Waals surface area contributed by atoms with Gasteiger partial charge in [-0.2, -0.15) is 17.0 Å². The summed E-state index contributed by atoms with van der Waals surface area (Å²) in [5.41, 5.74) is 0.419. The van der Waals surface area contributed by atoms with Crippen molar-refractivity contribution in [2.24, 2.45) is 0 Å². The van der Waals surface area contributed by atoms with E-state index in [1.807, 2.05) is 12.3 Å². The highest BCUT2D eigenvalue weighted by Gasteiger charge is 2.36. The number of carbonyl (C=O) groups is 4. The summed E-state index contributed by atoms with van der Waals surface area (Å²) in [5, 5.41) is 14.6. The number of hydrogen-bond acceptors (Lipinski definition) is 8. The van der Waals surface area contributed by atoms with Gasteiger partial charge < -0.3 is 25.0 Å². The quantitative estimate of drug-likeness (QED) is 0.344. The second-order valence-electron chi connectivity index (χ2n) is 8.66. The maximum absolute atomic E-state index is 13.7. The number of benzene rings is 1. The normalized spacial score (nSPS) is 12.5. The van der Waals surface area contributed by atoms with Crippen molar-refractivity contribution in [2.75, 3.05) is 32.2 Å². The summed E-state index contributed by atoms with van der Waals surface area (Å²) in [7, 11) is 1.19. The molecule has 0 aromatic heterocycles. The molecule has 11 heteroatoms. The van der Waals surface area contributed by atoms with Gasteiger partial charge in [-0.1, -0.05) is 24.3 Å². The number of alkyl carbamates (subject to hydrolysis) is 1. The topological polar surface area (TPSA) is 138 Å². The number of ether oxygens (including phenoxy) is 2. The van der Waals surface area contributed by atoms with E-state index in [4.69, 9.17) is 4.74 Å². The molecule has 0 fully saturated rings. The number of carbonyl (C=O) groups excluding carboxylic acids is 4. The van der Waals surface area contributed by atoms with Gasteiger partial charge in [-0.05, 0) is 57.3 Å². The minimum absolute atomic E-state index is 0.255. The third kappa shape index (κ3) is 9.86. The SMILES string of the molecule is COC(=O)CNC(=O)C(c1ccccc1C)N(CC#N)C(=O)C(CCSC)NC(=O)OC(C)(C)C. The van der Waals surface area contributed by atoms with Crippen LogP contribution in [0.2, 0.25) is 0 Å². The van der Waals surface area contributed by atoms with E-state index in [0.717, 1.165) is 4.90 Å². The van der Waals surface area contributed by atoms with E-state index in [1.54, 1.807) is 52.0 Å². The van der Waals surface area contributed by atoms with Crippen molar-refractivity contribution in [3.8, 4) is 6.07 Å². The van der Waals surface area contributed by atoms with E-state index in [1.165, 1.54) is 18.9 Å². The molecule has 0 radical (unpaired) electrons. The molecule has 0 spiro atoms. The summed E-state index contributed by atoms with van der Waals surface area (Å²) < 4.78 is 9.88. The number of hydrogen-bond donors (Lipinski definition) is 2. The molecular formula is C24H34N4O6S. The number of aryl methyl sites for hydroxylation is 1. The van der Waals surface area contributed by atoms with Gasteiger partial charge in [0.05, 0.1) is 13.2 Å². The van der Waals surface area contributed by atoms with Gasteiger partial charge in [0.15, 0.2) is 0 Å². The van der Waals surface area contributed by atoms with Crippen LogP contribution in [-0.2, 0) is 23.9 Å². The molecule has 0 aliphatic carbocycles. The summed E-state index contributed by atoms with van der Waals surface area (Å²) >= 11 is 1.48. The molecular weight excluding hydrogens is 472 g/mol. The Morgan fingerprint density at radius 3 is 2.40 bits per heavy atom. The van der Waals surface area contributed by atoms with E-state index < -0.39 is 54.7 Å². The molecule has 0 saturated heterocycles. The second kappa shape index (κ2) is 14.2. The van der Waals surface area contributed by atoms with Crippen LogP contribution in [0.15, 0.2) is 24.3 Å². The van der Waals surface area contributed by atoms with Crippen molar-refractivity contribution in [1.29, 1.82) is 5.26 Å². The van der Waals surface area contributed by atoms with Crippen LogP contribution in [0, 0.1) is 18.3 Å². The first-order chi connectivity index (χ1) is 16.4. The van der Waals surface area contributed by atoms with Gasteiger partial charge in [0.2, 0.25) is 11.8 Å². The van der Waals surface area contributed by atoms with E-state index in [-0.39, 0.29) is 6.42 Å². The Balaban J connectivity index is 3.41. The summed E-state index contributed by atoms with van der Waals surface area (Å²) in [6.07, 6.45) is 1.33. The molecule has 0 saturated carbocycles. The first-order valence-corrected chi connectivity index (χ1v) is 12.4. The molecule has 0 aliphatic rings. The standard InChI is InChI=1S/C24H34N4O6S/c1-16-9-7-8-10-17(16)20(21(30)26-15-19(29)33-5)28(13-12-25)22(31)18(11-14-35-6)27-23(32)34-24(2,3)4/h7-10,18,20H,11,13-15H2,1-6H3,(H,26,30)(H,27,32). The Labute approximate surface area is 210 Å². The number of nitrogens with one attached hydrogen (secondary N) is 2. The lowest BCUT2D eigenvalue weighted by atomic mass is 9.98. The molecule has 3 amide bonds. The maximum atomic E-state index is 13.7. The summed E-state index contributed by atoms with van der Waals surface area (Å²) in [6.45, 7) is 6.05. The Bertz CT molecular complexity index is 941. The molecule has 0 aliphatic heterocycles. The highest BCUT2D eigenvalue weighted by atomic mass is 32.2. The van der Waals surface area contributed by atoms with E-state index in [2.05, 4.69) is 15.4 Å². The summed E-state index contributed by atoms with van der Waals surface area (Å²) in [5.74, 6) is -1.40. The molecule has 1 aromatic carbocycles. The van der Waals surface area contributed by atoms with Crippen LogP contribution < -0.4 is 10.6 Å². The number of amides is 3.